The van der Waals surface area contributed by atoms with E-state index >= 15 is 0 Å². The molecular formula is C11H14F3NO. The average molecular weight is 233 g/mol. The summed E-state index contributed by atoms with van der Waals surface area (Å²) in [6.45, 7) is 2.40. The molecule has 1 aromatic carbocycles. The molecule has 0 aliphatic heterocycles. The second-order valence-corrected chi connectivity index (χ2v) is 3.44. The van der Waals surface area contributed by atoms with Gasteiger partial charge >= 0.3 is 6.18 Å². The molecule has 0 saturated heterocycles. The zero-order valence-corrected chi connectivity index (χ0v) is 8.92. The van der Waals surface area contributed by atoms with Gasteiger partial charge in [-0.05, 0) is 24.1 Å². The van der Waals surface area contributed by atoms with Gasteiger partial charge in [-0.25, -0.2) is 0 Å². The van der Waals surface area contributed by atoms with Crippen LogP contribution in [0, 0.1) is 0 Å². The Hall–Kier alpha value is -1.23. The molecule has 16 heavy (non-hydrogen) atoms. The highest BCUT2D eigenvalue weighted by atomic mass is 19.4. The van der Waals surface area contributed by atoms with E-state index in [-0.39, 0.29) is 5.56 Å². The lowest BCUT2D eigenvalue weighted by Gasteiger charge is -2.16. The number of benzene rings is 1. The van der Waals surface area contributed by atoms with Gasteiger partial charge in [0.2, 0.25) is 0 Å². The molecule has 0 aliphatic carbocycles. The van der Waals surface area contributed by atoms with Crippen LogP contribution in [-0.2, 0) is 0 Å². The summed E-state index contributed by atoms with van der Waals surface area (Å²) in [6.07, 6.45) is -3.63. The van der Waals surface area contributed by atoms with Crippen molar-refractivity contribution in [2.45, 2.75) is 25.6 Å². The Morgan fingerprint density at radius 3 is 2.62 bits per heavy atom. The van der Waals surface area contributed by atoms with Crippen LogP contribution in [0.3, 0.4) is 0 Å². The van der Waals surface area contributed by atoms with Crippen molar-refractivity contribution in [2.75, 3.05) is 6.61 Å². The molecule has 2 N–H and O–H groups in total. The van der Waals surface area contributed by atoms with E-state index in [1.165, 1.54) is 18.2 Å². The maximum absolute atomic E-state index is 12.4. The van der Waals surface area contributed by atoms with Crippen LogP contribution in [0.5, 0.6) is 5.75 Å². The Morgan fingerprint density at radius 1 is 1.38 bits per heavy atom. The SMILES string of the molecule is CCCOc1cccc(C(N)C(F)(F)F)c1. The molecule has 90 valence electrons. The summed E-state index contributed by atoms with van der Waals surface area (Å²) in [6, 6.07) is 3.83. The molecule has 0 heterocycles. The van der Waals surface area contributed by atoms with Crippen molar-refractivity contribution < 1.29 is 17.9 Å². The summed E-state index contributed by atoms with van der Waals surface area (Å²) < 4.78 is 42.3. The second kappa shape index (κ2) is 5.21. The summed E-state index contributed by atoms with van der Waals surface area (Å²) in [5.41, 5.74) is 5.10. The fraction of sp³-hybridized carbons (Fsp3) is 0.455. The van der Waals surface area contributed by atoms with E-state index in [0.29, 0.717) is 12.4 Å². The second-order valence-electron chi connectivity index (χ2n) is 3.44. The normalized spacial score (nSPS) is 13.6. The van der Waals surface area contributed by atoms with Crippen LogP contribution in [0.1, 0.15) is 24.9 Å². The number of rotatable bonds is 4. The predicted molar refractivity (Wildman–Crippen MR) is 55.2 cm³/mol. The summed E-state index contributed by atoms with van der Waals surface area (Å²) in [7, 11) is 0. The van der Waals surface area contributed by atoms with Crippen LogP contribution in [0.2, 0.25) is 0 Å². The molecule has 0 fully saturated rings. The van der Waals surface area contributed by atoms with E-state index < -0.39 is 12.2 Å². The largest absolute Gasteiger partial charge is 0.494 e. The lowest BCUT2D eigenvalue weighted by atomic mass is 10.1. The van der Waals surface area contributed by atoms with Crippen LogP contribution in [0.4, 0.5) is 13.2 Å². The van der Waals surface area contributed by atoms with Crippen molar-refractivity contribution in [2.24, 2.45) is 5.73 Å². The highest BCUT2D eigenvalue weighted by Crippen LogP contribution is 2.31. The molecule has 0 aliphatic rings. The van der Waals surface area contributed by atoms with E-state index in [0.717, 1.165) is 6.42 Å². The molecule has 1 aromatic rings. The summed E-state index contributed by atoms with van der Waals surface area (Å²) in [4.78, 5) is 0. The Bertz CT molecular complexity index is 338. The van der Waals surface area contributed by atoms with Crippen molar-refractivity contribution in [1.82, 2.24) is 0 Å². The van der Waals surface area contributed by atoms with Crippen LogP contribution < -0.4 is 10.5 Å². The van der Waals surface area contributed by atoms with Gasteiger partial charge in [0.25, 0.3) is 0 Å². The van der Waals surface area contributed by atoms with E-state index in [1.54, 1.807) is 6.07 Å². The molecule has 0 aromatic heterocycles. The summed E-state index contributed by atoms with van der Waals surface area (Å²) in [5.74, 6) is 0.416. The van der Waals surface area contributed by atoms with Gasteiger partial charge in [-0.3, -0.25) is 0 Å². The fourth-order valence-electron chi connectivity index (χ4n) is 1.21. The lowest BCUT2D eigenvalue weighted by Crippen LogP contribution is -2.28. The topological polar surface area (TPSA) is 35.2 Å². The van der Waals surface area contributed by atoms with Crippen molar-refractivity contribution >= 4 is 0 Å². The number of ether oxygens (including phenoxy) is 1. The van der Waals surface area contributed by atoms with E-state index in [4.69, 9.17) is 10.5 Å². The minimum atomic E-state index is -4.43. The fourth-order valence-corrected chi connectivity index (χ4v) is 1.21. The van der Waals surface area contributed by atoms with Crippen molar-refractivity contribution in [1.29, 1.82) is 0 Å². The number of halogens is 3. The summed E-state index contributed by atoms with van der Waals surface area (Å²) >= 11 is 0. The van der Waals surface area contributed by atoms with Gasteiger partial charge in [-0.2, -0.15) is 13.2 Å². The Balaban J connectivity index is 2.81. The zero-order chi connectivity index (χ0) is 12.2. The van der Waals surface area contributed by atoms with Gasteiger partial charge in [0.15, 0.2) is 0 Å². The third-order valence-electron chi connectivity index (χ3n) is 2.04. The molecule has 5 heteroatoms. The Labute approximate surface area is 92.2 Å². The van der Waals surface area contributed by atoms with Crippen molar-refractivity contribution in [3.63, 3.8) is 0 Å². The third-order valence-corrected chi connectivity index (χ3v) is 2.04. The first-order valence-corrected chi connectivity index (χ1v) is 5.00. The number of hydrogen-bond acceptors (Lipinski definition) is 2. The maximum Gasteiger partial charge on any atom is 0.407 e. The quantitative estimate of drug-likeness (QED) is 0.867. The number of nitrogens with two attached hydrogens (primary N) is 1. The van der Waals surface area contributed by atoms with Gasteiger partial charge in [0, 0.05) is 0 Å². The monoisotopic (exact) mass is 233 g/mol. The predicted octanol–water partition coefficient (Wildman–Crippen LogP) is 3.04. The first kappa shape index (κ1) is 12.8. The highest BCUT2D eigenvalue weighted by Gasteiger charge is 2.37. The van der Waals surface area contributed by atoms with E-state index in [9.17, 15) is 13.2 Å². The summed E-state index contributed by atoms with van der Waals surface area (Å²) in [5, 5.41) is 0. The van der Waals surface area contributed by atoms with Gasteiger partial charge in [-0.1, -0.05) is 19.1 Å². The first-order valence-electron chi connectivity index (χ1n) is 5.00. The number of alkyl halides is 3. The molecule has 0 amide bonds. The molecule has 0 bridgehead atoms. The van der Waals surface area contributed by atoms with E-state index in [2.05, 4.69) is 0 Å². The van der Waals surface area contributed by atoms with Gasteiger partial charge < -0.3 is 10.5 Å². The van der Waals surface area contributed by atoms with Crippen LogP contribution in [0.25, 0.3) is 0 Å². The first-order chi connectivity index (χ1) is 7.45. The minimum absolute atomic E-state index is 0.0149. The minimum Gasteiger partial charge on any atom is -0.494 e. The van der Waals surface area contributed by atoms with Crippen LogP contribution in [0.15, 0.2) is 24.3 Å². The van der Waals surface area contributed by atoms with Crippen molar-refractivity contribution in [3.8, 4) is 5.75 Å². The molecule has 0 radical (unpaired) electrons. The molecule has 1 atom stereocenters. The average Bonchev–Trinajstić information content (AvgIpc) is 2.24. The van der Waals surface area contributed by atoms with Crippen molar-refractivity contribution in [3.05, 3.63) is 29.8 Å². The molecular weight excluding hydrogens is 219 g/mol. The molecule has 1 rings (SSSR count). The zero-order valence-electron chi connectivity index (χ0n) is 8.92. The number of hydrogen-bond donors (Lipinski definition) is 1. The third kappa shape index (κ3) is 3.41. The molecule has 2 nitrogen and oxygen atoms in total. The maximum atomic E-state index is 12.4. The molecule has 0 spiro atoms. The van der Waals surface area contributed by atoms with Gasteiger partial charge in [-0.15, -0.1) is 0 Å². The lowest BCUT2D eigenvalue weighted by molar-refractivity contribution is -0.149. The highest BCUT2D eigenvalue weighted by molar-refractivity contribution is 5.31. The van der Waals surface area contributed by atoms with Gasteiger partial charge in [0.05, 0.1) is 6.61 Å². The van der Waals surface area contributed by atoms with Gasteiger partial charge in [0.1, 0.15) is 11.8 Å². The Kier molecular flexibility index (Phi) is 4.18. The Morgan fingerprint density at radius 2 is 2.06 bits per heavy atom. The van der Waals surface area contributed by atoms with Crippen LogP contribution in [-0.4, -0.2) is 12.8 Å². The van der Waals surface area contributed by atoms with E-state index in [1.807, 2.05) is 6.92 Å². The van der Waals surface area contributed by atoms with Crippen LogP contribution >= 0.6 is 0 Å². The molecule has 0 saturated carbocycles. The smallest absolute Gasteiger partial charge is 0.407 e. The standard InChI is InChI=1S/C11H14F3NO/c1-2-6-16-9-5-3-4-8(7-9)10(15)11(12,13)14/h3-5,7,10H,2,6,15H2,1H3. The molecule has 1 unspecified atom stereocenters.